The maximum absolute atomic E-state index is 6.06. The van der Waals surface area contributed by atoms with Crippen molar-refractivity contribution in [3.8, 4) is 0 Å². The highest BCUT2D eigenvalue weighted by atomic mass is 28.4. The molecular formula is C13H20OSi. The second-order valence-corrected chi connectivity index (χ2v) is 8.99. The Morgan fingerprint density at radius 1 is 1.20 bits per heavy atom. The zero-order valence-electron chi connectivity index (χ0n) is 10.1. The number of hydrogen-bond acceptors (Lipinski definition) is 1. The lowest BCUT2D eigenvalue weighted by atomic mass is 10.2. The minimum atomic E-state index is -1.51. The normalized spacial score (nSPS) is 12.7. The molecule has 1 aromatic carbocycles. The zero-order chi connectivity index (χ0) is 11.3. The second-order valence-electron chi connectivity index (χ2n) is 4.56. The lowest BCUT2D eigenvalue weighted by Gasteiger charge is -2.22. The van der Waals surface area contributed by atoms with Gasteiger partial charge in [-0.1, -0.05) is 37.3 Å². The third-order valence-electron chi connectivity index (χ3n) is 1.86. The van der Waals surface area contributed by atoms with E-state index in [1.807, 2.05) is 18.2 Å². The Balaban J connectivity index is 2.90. The second kappa shape index (κ2) is 5.17. The smallest absolute Gasteiger partial charge is 0.242 e. The van der Waals surface area contributed by atoms with Gasteiger partial charge >= 0.3 is 0 Å². The average molecular weight is 220 g/mol. The molecule has 0 spiro atoms. The third kappa shape index (κ3) is 4.34. The summed E-state index contributed by atoms with van der Waals surface area (Å²) in [5, 5.41) is 0. The predicted octanol–water partition coefficient (Wildman–Crippen LogP) is 4.29. The van der Waals surface area contributed by atoms with Crippen molar-refractivity contribution in [3.05, 3.63) is 42.0 Å². The Kier molecular flexibility index (Phi) is 4.15. The summed E-state index contributed by atoms with van der Waals surface area (Å²) in [7, 11) is -1.51. The summed E-state index contributed by atoms with van der Waals surface area (Å²) >= 11 is 0. The molecule has 1 rings (SSSR count). The van der Waals surface area contributed by atoms with Crippen LogP contribution in [0.3, 0.4) is 0 Å². The monoisotopic (exact) mass is 220 g/mol. The van der Waals surface area contributed by atoms with Gasteiger partial charge in [-0.2, -0.15) is 0 Å². The fourth-order valence-electron chi connectivity index (χ4n) is 1.34. The summed E-state index contributed by atoms with van der Waals surface area (Å²) in [6, 6.07) is 10.3. The minimum Gasteiger partial charge on any atom is -0.544 e. The third-order valence-corrected chi connectivity index (χ3v) is 2.70. The molecule has 15 heavy (non-hydrogen) atoms. The van der Waals surface area contributed by atoms with Crippen molar-refractivity contribution < 1.29 is 4.43 Å². The van der Waals surface area contributed by atoms with Gasteiger partial charge in [0.1, 0.15) is 5.76 Å². The predicted molar refractivity (Wildman–Crippen MR) is 69.1 cm³/mol. The molecule has 0 saturated heterocycles. The lowest BCUT2D eigenvalue weighted by molar-refractivity contribution is 0.512. The van der Waals surface area contributed by atoms with Crippen molar-refractivity contribution in [3.63, 3.8) is 0 Å². The summed E-state index contributed by atoms with van der Waals surface area (Å²) in [6.07, 6.45) is 3.17. The SMILES string of the molecule is CC/C=C(\O[Si](C)(C)C)c1ccccc1. The molecule has 0 unspecified atom stereocenters. The topological polar surface area (TPSA) is 9.23 Å². The zero-order valence-corrected chi connectivity index (χ0v) is 11.1. The van der Waals surface area contributed by atoms with Gasteiger partial charge in [-0.05, 0) is 32.1 Å². The molecule has 0 aliphatic rings. The van der Waals surface area contributed by atoms with Crippen LogP contribution in [0.5, 0.6) is 0 Å². The molecule has 1 nitrogen and oxygen atoms in total. The first kappa shape index (κ1) is 12.0. The van der Waals surface area contributed by atoms with E-state index in [-0.39, 0.29) is 0 Å². The van der Waals surface area contributed by atoms with Crippen LogP contribution in [0.2, 0.25) is 19.6 Å². The van der Waals surface area contributed by atoms with Crippen LogP contribution in [0.15, 0.2) is 36.4 Å². The van der Waals surface area contributed by atoms with Crippen LogP contribution in [0.25, 0.3) is 5.76 Å². The molecule has 1 aromatic rings. The summed E-state index contributed by atoms with van der Waals surface area (Å²) in [6.45, 7) is 8.76. The summed E-state index contributed by atoms with van der Waals surface area (Å²) < 4.78 is 6.06. The van der Waals surface area contributed by atoms with Crippen LogP contribution in [-0.2, 0) is 4.43 Å². The Labute approximate surface area is 93.9 Å². The first-order valence-corrected chi connectivity index (χ1v) is 8.88. The van der Waals surface area contributed by atoms with Gasteiger partial charge in [-0.25, -0.2) is 0 Å². The van der Waals surface area contributed by atoms with E-state index in [2.05, 4.69) is 44.8 Å². The van der Waals surface area contributed by atoms with Gasteiger partial charge in [0, 0.05) is 5.56 Å². The Bertz CT molecular complexity index is 322. The number of benzene rings is 1. The Morgan fingerprint density at radius 3 is 2.27 bits per heavy atom. The standard InChI is InChI=1S/C13H20OSi/c1-5-9-13(14-15(2,3)4)12-10-7-6-8-11-12/h6-11H,5H2,1-4H3/b13-9-. The van der Waals surface area contributed by atoms with Crippen molar-refractivity contribution in [1.29, 1.82) is 0 Å². The highest BCUT2D eigenvalue weighted by Crippen LogP contribution is 2.21. The van der Waals surface area contributed by atoms with Gasteiger partial charge < -0.3 is 4.43 Å². The maximum Gasteiger partial charge on any atom is 0.242 e. The number of allylic oxidation sites excluding steroid dienone is 1. The molecule has 0 fully saturated rings. The van der Waals surface area contributed by atoms with Crippen molar-refractivity contribution in [1.82, 2.24) is 0 Å². The van der Waals surface area contributed by atoms with Crippen LogP contribution < -0.4 is 0 Å². The molecule has 2 heteroatoms. The van der Waals surface area contributed by atoms with Crippen LogP contribution in [0.1, 0.15) is 18.9 Å². The molecular weight excluding hydrogens is 200 g/mol. The van der Waals surface area contributed by atoms with E-state index in [4.69, 9.17) is 4.43 Å². The van der Waals surface area contributed by atoms with Gasteiger partial charge in [-0.15, -0.1) is 0 Å². The van der Waals surface area contributed by atoms with Crippen LogP contribution in [0, 0.1) is 0 Å². The molecule has 82 valence electrons. The Morgan fingerprint density at radius 2 is 1.80 bits per heavy atom. The highest BCUT2D eigenvalue weighted by Gasteiger charge is 2.18. The minimum absolute atomic E-state index is 1.01. The largest absolute Gasteiger partial charge is 0.544 e. The van der Waals surface area contributed by atoms with Crippen molar-refractivity contribution >= 4 is 14.1 Å². The highest BCUT2D eigenvalue weighted by molar-refractivity contribution is 6.70. The lowest BCUT2D eigenvalue weighted by Crippen LogP contribution is -2.24. The molecule has 0 amide bonds. The quantitative estimate of drug-likeness (QED) is 0.543. The van der Waals surface area contributed by atoms with E-state index in [1.54, 1.807) is 0 Å². The molecule has 0 saturated carbocycles. The summed E-state index contributed by atoms with van der Waals surface area (Å²) in [4.78, 5) is 0. The molecule has 0 N–H and O–H groups in total. The number of hydrogen-bond donors (Lipinski definition) is 0. The van der Waals surface area contributed by atoms with Crippen LogP contribution >= 0.6 is 0 Å². The average Bonchev–Trinajstić information content (AvgIpc) is 2.17. The van der Waals surface area contributed by atoms with Crippen molar-refractivity contribution in [2.24, 2.45) is 0 Å². The first-order chi connectivity index (χ1) is 7.03. The first-order valence-electron chi connectivity index (χ1n) is 5.47. The van der Waals surface area contributed by atoms with Crippen molar-refractivity contribution in [2.45, 2.75) is 33.0 Å². The van der Waals surface area contributed by atoms with E-state index in [9.17, 15) is 0 Å². The molecule has 0 aromatic heterocycles. The fourth-order valence-corrected chi connectivity index (χ4v) is 2.20. The molecule has 0 radical (unpaired) electrons. The van der Waals surface area contributed by atoms with Gasteiger partial charge in [0.05, 0.1) is 0 Å². The van der Waals surface area contributed by atoms with Crippen molar-refractivity contribution in [2.75, 3.05) is 0 Å². The molecule has 0 atom stereocenters. The summed E-state index contributed by atoms with van der Waals surface area (Å²) in [5.41, 5.74) is 1.18. The van der Waals surface area contributed by atoms with Crippen LogP contribution in [-0.4, -0.2) is 8.32 Å². The van der Waals surface area contributed by atoms with E-state index in [0.29, 0.717) is 0 Å². The van der Waals surface area contributed by atoms with Crippen LogP contribution in [0.4, 0.5) is 0 Å². The fraction of sp³-hybridized carbons (Fsp3) is 0.385. The molecule has 0 aliphatic carbocycles. The van der Waals surface area contributed by atoms with E-state index >= 15 is 0 Å². The van der Waals surface area contributed by atoms with E-state index < -0.39 is 8.32 Å². The maximum atomic E-state index is 6.06. The molecule has 0 bridgehead atoms. The molecule has 0 heterocycles. The van der Waals surface area contributed by atoms with E-state index in [1.165, 1.54) is 5.56 Å². The summed E-state index contributed by atoms with van der Waals surface area (Å²) in [5.74, 6) is 1.04. The Hall–Kier alpha value is -1.02. The number of rotatable bonds is 4. The van der Waals surface area contributed by atoms with Gasteiger partial charge in [0.15, 0.2) is 0 Å². The van der Waals surface area contributed by atoms with Gasteiger partial charge in [0.25, 0.3) is 0 Å². The van der Waals surface area contributed by atoms with E-state index in [0.717, 1.165) is 12.2 Å². The van der Waals surface area contributed by atoms with Gasteiger partial charge in [0.2, 0.25) is 8.32 Å². The molecule has 0 aliphatic heterocycles. The van der Waals surface area contributed by atoms with Gasteiger partial charge in [-0.3, -0.25) is 0 Å².